The summed E-state index contributed by atoms with van der Waals surface area (Å²) in [5, 5.41) is 12.1. The van der Waals surface area contributed by atoms with Gasteiger partial charge in [0.05, 0.1) is 6.61 Å². The van der Waals surface area contributed by atoms with E-state index in [1.807, 2.05) is 0 Å². The van der Waals surface area contributed by atoms with E-state index in [1.165, 1.54) is 12.8 Å². The van der Waals surface area contributed by atoms with Gasteiger partial charge in [-0.2, -0.15) is 0 Å². The first-order valence-corrected chi connectivity index (χ1v) is 6.05. The maximum atomic E-state index is 8.62. The maximum absolute atomic E-state index is 8.62. The van der Waals surface area contributed by atoms with Crippen molar-refractivity contribution in [2.75, 3.05) is 26.9 Å². The van der Waals surface area contributed by atoms with Crippen LogP contribution in [0.2, 0.25) is 0 Å². The fraction of sp³-hybridized carbons (Fsp3) is 1.00. The number of aliphatic hydroxyl groups is 1. The quantitative estimate of drug-likeness (QED) is 0.548. The summed E-state index contributed by atoms with van der Waals surface area (Å²) in [5.41, 5.74) is 0. The summed E-state index contributed by atoms with van der Waals surface area (Å²) in [5.74, 6) is 0.613. The van der Waals surface area contributed by atoms with Crippen LogP contribution < -0.4 is 5.32 Å². The third kappa shape index (κ3) is 8.85. The first-order chi connectivity index (χ1) is 7.22. The molecule has 2 N–H and O–H groups in total. The summed E-state index contributed by atoms with van der Waals surface area (Å²) in [7, 11) is 1.75. The molecule has 0 radical (unpaired) electrons. The van der Waals surface area contributed by atoms with Gasteiger partial charge in [0.1, 0.15) is 0 Å². The van der Waals surface area contributed by atoms with Crippen LogP contribution >= 0.6 is 0 Å². The summed E-state index contributed by atoms with van der Waals surface area (Å²) in [6.07, 6.45) is 4.46. The van der Waals surface area contributed by atoms with E-state index in [1.54, 1.807) is 7.11 Å². The molecule has 0 aliphatic carbocycles. The topological polar surface area (TPSA) is 41.5 Å². The fourth-order valence-corrected chi connectivity index (χ4v) is 1.54. The van der Waals surface area contributed by atoms with Crippen LogP contribution in [0, 0.1) is 5.92 Å². The van der Waals surface area contributed by atoms with E-state index in [-0.39, 0.29) is 0 Å². The number of nitrogens with one attached hydrogen (secondary N) is 1. The Morgan fingerprint density at radius 1 is 1.13 bits per heavy atom. The zero-order valence-corrected chi connectivity index (χ0v) is 10.5. The van der Waals surface area contributed by atoms with Crippen molar-refractivity contribution in [2.24, 2.45) is 5.92 Å². The summed E-state index contributed by atoms with van der Waals surface area (Å²) >= 11 is 0. The van der Waals surface area contributed by atoms with Gasteiger partial charge in [-0.1, -0.05) is 26.7 Å². The summed E-state index contributed by atoms with van der Waals surface area (Å²) in [6, 6.07) is 0.466. The molecule has 0 rings (SSSR count). The lowest BCUT2D eigenvalue weighted by atomic mass is 10.1. The molecule has 0 aromatic rings. The smallest absolute Gasteiger partial charge is 0.0618 e. The molecule has 0 aliphatic rings. The van der Waals surface area contributed by atoms with Crippen LogP contribution in [-0.4, -0.2) is 38.0 Å². The van der Waals surface area contributed by atoms with Gasteiger partial charge in [0.2, 0.25) is 0 Å². The van der Waals surface area contributed by atoms with Gasteiger partial charge in [-0.25, -0.2) is 0 Å². The molecule has 0 aliphatic heterocycles. The van der Waals surface area contributed by atoms with Gasteiger partial charge in [0.25, 0.3) is 0 Å². The molecule has 0 amide bonds. The monoisotopic (exact) mass is 217 g/mol. The molecule has 15 heavy (non-hydrogen) atoms. The molecule has 3 heteroatoms. The predicted molar refractivity (Wildman–Crippen MR) is 64.1 cm³/mol. The maximum Gasteiger partial charge on any atom is 0.0618 e. The molecule has 1 atom stereocenters. The second-order valence-electron chi connectivity index (χ2n) is 4.40. The van der Waals surface area contributed by atoms with E-state index in [4.69, 9.17) is 9.84 Å². The molecule has 0 saturated heterocycles. The van der Waals surface area contributed by atoms with Crippen molar-refractivity contribution in [3.8, 4) is 0 Å². The third-order valence-electron chi connectivity index (χ3n) is 2.64. The molecule has 0 bridgehead atoms. The fourth-order valence-electron chi connectivity index (χ4n) is 1.54. The molecule has 0 spiro atoms. The lowest BCUT2D eigenvalue weighted by Gasteiger charge is -2.21. The summed E-state index contributed by atoms with van der Waals surface area (Å²) in [6.45, 7) is 6.59. The van der Waals surface area contributed by atoms with Crippen molar-refractivity contribution in [3.05, 3.63) is 0 Å². The minimum absolute atomic E-state index is 0.325. The van der Waals surface area contributed by atoms with Crippen LogP contribution in [0.15, 0.2) is 0 Å². The van der Waals surface area contributed by atoms with E-state index >= 15 is 0 Å². The second-order valence-corrected chi connectivity index (χ2v) is 4.40. The minimum atomic E-state index is 0.325. The molecule has 1 unspecified atom stereocenters. The van der Waals surface area contributed by atoms with Gasteiger partial charge in [-0.15, -0.1) is 0 Å². The largest absolute Gasteiger partial charge is 0.396 e. The molecule has 0 heterocycles. The van der Waals surface area contributed by atoms with Gasteiger partial charge < -0.3 is 15.2 Å². The molecule has 0 fully saturated rings. The normalized spacial score (nSPS) is 13.4. The average Bonchev–Trinajstić information content (AvgIpc) is 2.21. The Morgan fingerprint density at radius 3 is 2.33 bits per heavy atom. The van der Waals surface area contributed by atoms with Gasteiger partial charge in [0, 0.05) is 19.8 Å². The van der Waals surface area contributed by atoms with Crippen molar-refractivity contribution in [1.29, 1.82) is 0 Å². The van der Waals surface area contributed by atoms with Crippen LogP contribution in [0.3, 0.4) is 0 Å². The van der Waals surface area contributed by atoms with Crippen molar-refractivity contribution >= 4 is 0 Å². The Hall–Kier alpha value is -0.120. The Bertz CT molecular complexity index is 129. The number of unbranched alkanes of at least 4 members (excludes halogenated alkanes) is 3. The highest BCUT2D eigenvalue weighted by atomic mass is 16.5. The van der Waals surface area contributed by atoms with Gasteiger partial charge in [-0.3, -0.25) is 0 Å². The molecule has 92 valence electrons. The van der Waals surface area contributed by atoms with Crippen molar-refractivity contribution in [2.45, 2.75) is 45.6 Å². The highest BCUT2D eigenvalue weighted by Gasteiger charge is 2.11. The van der Waals surface area contributed by atoms with Crippen LogP contribution in [0.1, 0.15) is 39.5 Å². The first kappa shape index (κ1) is 14.9. The Morgan fingerprint density at radius 2 is 1.80 bits per heavy atom. The van der Waals surface area contributed by atoms with E-state index in [0.29, 0.717) is 18.6 Å². The lowest BCUT2D eigenvalue weighted by Crippen LogP contribution is -2.38. The number of aliphatic hydroxyl groups excluding tert-OH is 1. The average molecular weight is 217 g/mol. The van der Waals surface area contributed by atoms with Gasteiger partial charge >= 0.3 is 0 Å². The van der Waals surface area contributed by atoms with Crippen LogP contribution in [0.4, 0.5) is 0 Å². The summed E-state index contributed by atoms with van der Waals surface area (Å²) < 4.78 is 5.17. The second kappa shape index (κ2) is 10.4. The Balaban J connectivity index is 3.37. The molecule has 0 aromatic heterocycles. The van der Waals surface area contributed by atoms with E-state index in [9.17, 15) is 0 Å². The molecular weight excluding hydrogens is 190 g/mol. The molecular formula is C12H27NO2. The first-order valence-electron chi connectivity index (χ1n) is 6.05. The molecule has 0 saturated carbocycles. The van der Waals surface area contributed by atoms with E-state index in [2.05, 4.69) is 19.2 Å². The van der Waals surface area contributed by atoms with Crippen molar-refractivity contribution < 1.29 is 9.84 Å². The number of methoxy groups -OCH3 is 1. The molecule has 0 aromatic carbocycles. The van der Waals surface area contributed by atoms with E-state index < -0.39 is 0 Å². The summed E-state index contributed by atoms with van der Waals surface area (Å²) in [4.78, 5) is 0. The standard InChI is InChI=1S/C12H27NO2/c1-11(2)12(10-15-3)13-8-6-4-5-7-9-14/h11-14H,4-10H2,1-3H3. The third-order valence-corrected chi connectivity index (χ3v) is 2.64. The minimum Gasteiger partial charge on any atom is -0.396 e. The van der Waals surface area contributed by atoms with Gasteiger partial charge in [0.15, 0.2) is 0 Å². The predicted octanol–water partition coefficient (Wildman–Crippen LogP) is 1.80. The highest BCUT2D eigenvalue weighted by molar-refractivity contribution is 4.69. The lowest BCUT2D eigenvalue weighted by molar-refractivity contribution is 0.147. The number of hydrogen-bond acceptors (Lipinski definition) is 3. The number of hydrogen-bond donors (Lipinski definition) is 2. The molecule has 3 nitrogen and oxygen atoms in total. The van der Waals surface area contributed by atoms with Crippen molar-refractivity contribution in [3.63, 3.8) is 0 Å². The highest BCUT2D eigenvalue weighted by Crippen LogP contribution is 2.03. The van der Waals surface area contributed by atoms with Crippen LogP contribution in [0.25, 0.3) is 0 Å². The van der Waals surface area contributed by atoms with Crippen molar-refractivity contribution in [1.82, 2.24) is 5.32 Å². The zero-order chi connectivity index (χ0) is 11.5. The van der Waals surface area contributed by atoms with E-state index in [0.717, 1.165) is 26.0 Å². The van der Waals surface area contributed by atoms with Gasteiger partial charge in [-0.05, 0) is 25.3 Å². The SMILES string of the molecule is COCC(NCCCCCCO)C(C)C. The van der Waals surface area contributed by atoms with Crippen LogP contribution in [-0.2, 0) is 4.74 Å². The number of ether oxygens (including phenoxy) is 1. The zero-order valence-electron chi connectivity index (χ0n) is 10.5. The number of rotatable bonds is 10. The Labute approximate surface area is 94.2 Å². The van der Waals surface area contributed by atoms with Crippen LogP contribution in [0.5, 0.6) is 0 Å². The Kier molecular flexibility index (Phi) is 10.3.